The fourth-order valence-corrected chi connectivity index (χ4v) is 1.92. The summed E-state index contributed by atoms with van der Waals surface area (Å²) in [6.45, 7) is 0. The van der Waals surface area contributed by atoms with Crippen molar-refractivity contribution < 1.29 is 14.4 Å². The summed E-state index contributed by atoms with van der Waals surface area (Å²) in [6.07, 6.45) is 0. The monoisotopic (exact) mass is 282 g/mol. The molecular formula is C10H7BrN2O3. The number of halogens is 1. The van der Waals surface area contributed by atoms with Gasteiger partial charge in [0, 0.05) is 4.47 Å². The van der Waals surface area contributed by atoms with Crippen molar-refractivity contribution in [2.75, 3.05) is 0 Å². The van der Waals surface area contributed by atoms with Gasteiger partial charge in [-0.25, -0.2) is 4.79 Å². The number of carbonyl (C=O) groups is 3. The Labute approximate surface area is 99.3 Å². The number of benzene rings is 1. The largest absolute Gasteiger partial charge is 0.328 e. The second kappa shape index (κ2) is 4.05. The van der Waals surface area contributed by atoms with Gasteiger partial charge in [0.15, 0.2) is 0 Å². The molecule has 0 bridgehead atoms. The Kier molecular flexibility index (Phi) is 2.74. The molecule has 4 amide bonds. The summed E-state index contributed by atoms with van der Waals surface area (Å²) in [5.41, 5.74) is 0.539. The van der Waals surface area contributed by atoms with E-state index in [1.165, 1.54) is 0 Å². The van der Waals surface area contributed by atoms with Crippen molar-refractivity contribution in [2.24, 2.45) is 0 Å². The molecule has 1 aliphatic rings. The molecule has 0 aromatic heterocycles. The lowest BCUT2D eigenvalue weighted by Gasteiger charge is -2.20. The normalized spacial score (nSPS) is 16.9. The van der Waals surface area contributed by atoms with E-state index >= 15 is 0 Å². The lowest BCUT2D eigenvalue weighted by atomic mass is 9.96. The van der Waals surface area contributed by atoms with Crippen LogP contribution in [-0.2, 0) is 9.59 Å². The van der Waals surface area contributed by atoms with E-state index in [-0.39, 0.29) is 0 Å². The number of barbiturate groups is 1. The minimum Gasteiger partial charge on any atom is -0.277 e. The van der Waals surface area contributed by atoms with E-state index in [4.69, 9.17) is 0 Å². The van der Waals surface area contributed by atoms with E-state index in [0.717, 1.165) is 4.47 Å². The minimum absolute atomic E-state index is 0.539. The summed E-state index contributed by atoms with van der Waals surface area (Å²) in [5.74, 6) is -2.19. The number of hydrogen-bond acceptors (Lipinski definition) is 3. The van der Waals surface area contributed by atoms with Crippen LogP contribution in [0.1, 0.15) is 11.5 Å². The molecule has 5 nitrogen and oxygen atoms in total. The maximum Gasteiger partial charge on any atom is 0.328 e. The predicted octanol–water partition coefficient (Wildman–Crippen LogP) is 0.899. The molecular weight excluding hydrogens is 276 g/mol. The van der Waals surface area contributed by atoms with Gasteiger partial charge < -0.3 is 0 Å². The van der Waals surface area contributed by atoms with Crippen molar-refractivity contribution in [2.45, 2.75) is 5.92 Å². The van der Waals surface area contributed by atoms with Gasteiger partial charge >= 0.3 is 6.03 Å². The van der Waals surface area contributed by atoms with Crippen molar-refractivity contribution in [1.82, 2.24) is 10.6 Å². The van der Waals surface area contributed by atoms with Crippen molar-refractivity contribution in [3.05, 3.63) is 34.3 Å². The Hall–Kier alpha value is -1.69. The molecule has 0 saturated carbocycles. The highest BCUT2D eigenvalue weighted by Crippen LogP contribution is 2.21. The van der Waals surface area contributed by atoms with E-state index in [0.29, 0.717) is 5.56 Å². The Morgan fingerprint density at radius 1 is 1.06 bits per heavy atom. The summed E-state index contributed by atoms with van der Waals surface area (Å²) in [6, 6.07) is 6.05. The molecule has 0 atom stereocenters. The van der Waals surface area contributed by atoms with E-state index in [9.17, 15) is 14.4 Å². The van der Waals surface area contributed by atoms with Crippen LogP contribution in [0.3, 0.4) is 0 Å². The van der Waals surface area contributed by atoms with Gasteiger partial charge in [-0.15, -0.1) is 0 Å². The van der Waals surface area contributed by atoms with Crippen LogP contribution < -0.4 is 10.6 Å². The van der Waals surface area contributed by atoms with Gasteiger partial charge in [-0.2, -0.15) is 0 Å². The summed E-state index contributed by atoms with van der Waals surface area (Å²) in [7, 11) is 0. The fraction of sp³-hybridized carbons (Fsp3) is 0.100. The van der Waals surface area contributed by atoms with Crippen LogP contribution in [0, 0.1) is 0 Å². The molecule has 1 heterocycles. The van der Waals surface area contributed by atoms with Crippen LogP contribution in [0.15, 0.2) is 28.7 Å². The van der Waals surface area contributed by atoms with E-state index < -0.39 is 23.8 Å². The zero-order valence-electron chi connectivity index (χ0n) is 7.99. The minimum atomic E-state index is -0.977. The number of hydrogen-bond donors (Lipinski definition) is 2. The van der Waals surface area contributed by atoms with Crippen LogP contribution in [0.25, 0.3) is 0 Å². The zero-order valence-corrected chi connectivity index (χ0v) is 9.58. The average Bonchev–Trinajstić information content (AvgIpc) is 2.15. The smallest absolute Gasteiger partial charge is 0.277 e. The first kappa shape index (κ1) is 10.8. The molecule has 1 aliphatic heterocycles. The fourth-order valence-electron chi connectivity index (χ4n) is 1.51. The molecule has 0 radical (unpaired) electrons. The second-order valence-corrected chi connectivity index (χ2v) is 4.21. The molecule has 2 rings (SSSR count). The molecule has 1 aromatic rings. The van der Waals surface area contributed by atoms with Crippen molar-refractivity contribution in [3.8, 4) is 0 Å². The third-order valence-corrected chi connectivity index (χ3v) is 2.67. The number of imide groups is 2. The standard InChI is InChI=1S/C10H7BrN2O3/c11-6-3-1-2-5(4-6)7-8(14)12-10(16)13-9(7)15/h1-4,7H,(H2,12,13,14,15,16). The summed E-state index contributed by atoms with van der Waals surface area (Å²) >= 11 is 3.25. The van der Waals surface area contributed by atoms with Crippen LogP contribution in [-0.4, -0.2) is 17.8 Å². The third-order valence-electron chi connectivity index (χ3n) is 2.18. The second-order valence-electron chi connectivity index (χ2n) is 3.30. The molecule has 16 heavy (non-hydrogen) atoms. The quantitative estimate of drug-likeness (QED) is 0.752. The highest BCUT2D eigenvalue weighted by molar-refractivity contribution is 9.10. The molecule has 0 aliphatic carbocycles. The molecule has 82 valence electrons. The van der Waals surface area contributed by atoms with E-state index in [1.807, 2.05) is 0 Å². The third kappa shape index (κ3) is 1.96. The molecule has 1 aromatic carbocycles. The van der Waals surface area contributed by atoms with Gasteiger partial charge in [-0.05, 0) is 17.7 Å². The maximum atomic E-state index is 11.5. The van der Waals surface area contributed by atoms with Gasteiger partial charge in [-0.3, -0.25) is 20.2 Å². The van der Waals surface area contributed by atoms with Gasteiger partial charge in [0.2, 0.25) is 11.8 Å². The van der Waals surface area contributed by atoms with Gasteiger partial charge in [0.25, 0.3) is 0 Å². The number of amides is 4. The molecule has 1 saturated heterocycles. The number of rotatable bonds is 1. The average molecular weight is 283 g/mol. The molecule has 0 unspecified atom stereocenters. The van der Waals surface area contributed by atoms with Gasteiger partial charge in [0.05, 0.1) is 0 Å². The summed E-state index contributed by atoms with van der Waals surface area (Å²) < 4.78 is 0.766. The van der Waals surface area contributed by atoms with E-state index in [1.54, 1.807) is 24.3 Å². The molecule has 6 heteroatoms. The van der Waals surface area contributed by atoms with Crippen molar-refractivity contribution >= 4 is 33.8 Å². The van der Waals surface area contributed by atoms with Crippen LogP contribution in [0.4, 0.5) is 4.79 Å². The first-order valence-electron chi connectivity index (χ1n) is 4.49. The first-order valence-corrected chi connectivity index (χ1v) is 5.28. The predicted molar refractivity (Wildman–Crippen MR) is 58.6 cm³/mol. The highest BCUT2D eigenvalue weighted by Gasteiger charge is 2.35. The SMILES string of the molecule is O=C1NC(=O)C(c2cccc(Br)c2)C(=O)N1. The summed E-state index contributed by atoms with van der Waals surface area (Å²) in [4.78, 5) is 33.9. The Bertz CT molecular complexity index is 467. The Balaban J connectivity index is 2.36. The molecule has 2 N–H and O–H groups in total. The lowest BCUT2D eigenvalue weighted by molar-refractivity contribution is -0.132. The van der Waals surface area contributed by atoms with Crippen molar-refractivity contribution in [3.63, 3.8) is 0 Å². The lowest BCUT2D eigenvalue weighted by Crippen LogP contribution is -2.54. The Morgan fingerprint density at radius 2 is 1.69 bits per heavy atom. The number of nitrogens with one attached hydrogen (secondary N) is 2. The van der Waals surface area contributed by atoms with Crippen LogP contribution >= 0.6 is 15.9 Å². The maximum absolute atomic E-state index is 11.5. The number of urea groups is 1. The topological polar surface area (TPSA) is 75.3 Å². The van der Waals surface area contributed by atoms with Crippen LogP contribution in [0.5, 0.6) is 0 Å². The molecule has 1 fully saturated rings. The zero-order chi connectivity index (χ0) is 11.7. The van der Waals surface area contributed by atoms with Crippen molar-refractivity contribution in [1.29, 1.82) is 0 Å². The summed E-state index contributed by atoms with van der Waals surface area (Å²) in [5, 5.41) is 4.11. The highest BCUT2D eigenvalue weighted by atomic mass is 79.9. The molecule has 0 spiro atoms. The van der Waals surface area contributed by atoms with E-state index in [2.05, 4.69) is 26.6 Å². The first-order chi connectivity index (χ1) is 7.58. The van der Waals surface area contributed by atoms with Crippen LogP contribution in [0.2, 0.25) is 0 Å². The Morgan fingerprint density at radius 3 is 2.25 bits per heavy atom. The van der Waals surface area contributed by atoms with Gasteiger partial charge in [0.1, 0.15) is 5.92 Å². The van der Waals surface area contributed by atoms with Gasteiger partial charge in [-0.1, -0.05) is 28.1 Å². The number of carbonyl (C=O) groups excluding carboxylic acids is 3.